The molecule has 0 radical (unpaired) electrons. The standard InChI is InChI=1S/C23H30N4O/c1-17-13-15-27(16-14-17)22-12-11-21(25-26-22)18-7-9-20(10-8-18)24-23(28)19-5-3-2-4-6-19/h7-12,17,19H,2-6,13-16H2,1H3,(H,24,28). The second-order valence-electron chi connectivity index (χ2n) is 8.35. The summed E-state index contributed by atoms with van der Waals surface area (Å²) in [5, 5.41) is 11.9. The topological polar surface area (TPSA) is 58.1 Å². The molecule has 1 aliphatic carbocycles. The summed E-state index contributed by atoms with van der Waals surface area (Å²) in [4.78, 5) is 14.7. The Balaban J connectivity index is 1.37. The second-order valence-corrected chi connectivity index (χ2v) is 8.35. The van der Waals surface area contributed by atoms with E-state index in [0.717, 1.165) is 54.6 Å². The molecule has 1 aromatic carbocycles. The first-order valence-corrected chi connectivity index (χ1v) is 10.7. The number of piperidine rings is 1. The van der Waals surface area contributed by atoms with Crippen LogP contribution in [-0.2, 0) is 4.79 Å². The fourth-order valence-corrected chi connectivity index (χ4v) is 4.22. The Kier molecular flexibility index (Phi) is 5.89. The van der Waals surface area contributed by atoms with E-state index in [4.69, 9.17) is 0 Å². The van der Waals surface area contributed by atoms with Gasteiger partial charge in [-0.25, -0.2) is 0 Å². The number of rotatable bonds is 4. The maximum absolute atomic E-state index is 12.4. The van der Waals surface area contributed by atoms with E-state index in [1.807, 2.05) is 30.3 Å². The van der Waals surface area contributed by atoms with Crippen LogP contribution in [0.1, 0.15) is 51.9 Å². The highest BCUT2D eigenvalue weighted by atomic mass is 16.1. The summed E-state index contributed by atoms with van der Waals surface area (Å²) in [5.41, 5.74) is 2.73. The van der Waals surface area contributed by atoms with Crippen molar-refractivity contribution in [3.05, 3.63) is 36.4 Å². The lowest BCUT2D eigenvalue weighted by molar-refractivity contribution is -0.120. The minimum absolute atomic E-state index is 0.160. The molecule has 2 fully saturated rings. The normalized spacial score (nSPS) is 18.8. The Morgan fingerprint density at radius 1 is 0.929 bits per heavy atom. The number of carbonyl (C=O) groups excluding carboxylic acids is 1. The van der Waals surface area contributed by atoms with Crippen molar-refractivity contribution >= 4 is 17.4 Å². The third-order valence-electron chi connectivity index (χ3n) is 6.18. The molecule has 5 nitrogen and oxygen atoms in total. The van der Waals surface area contributed by atoms with Gasteiger partial charge in [-0.15, -0.1) is 10.2 Å². The summed E-state index contributed by atoms with van der Waals surface area (Å²) in [5.74, 6) is 2.10. The molecule has 1 amide bonds. The molecule has 28 heavy (non-hydrogen) atoms. The van der Waals surface area contributed by atoms with Crippen LogP contribution >= 0.6 is 0 Å². The van der Waals surface area contributed by atoms with Gasteiger partial charge in [0.05, 0.1) is 5.69 Å². The molecule has 2 aliphatic rings. The largest absolute Gasteiger partial charge is 0.355 e. The molecular weight excluding hydrogens is 348 g/mol. The maximum Gasteiger partial charge on any atom is 0.227 e. The Hall–Kier alpha value is -2.43. The lowest BCUT2D eigenvalue weighted by atomic mass is 9.88. The molecule has 5 heteroatoms. The summed E-state index contributed by atoms with van der Waals surface area (Å²) in [7, 11) is 0. The number of aromatic nitrogens is 2. The third kappa shape index (κ3) is 4.51. The Labute approximate surface area is 167 Å². The van der Waals surface area contributed by atoms with Crippen molar-refractivity contribution < 1.29 is 4.79 Å². The molecular formula is C23H30N4O. The fourth-order valence-electron chi connectivity index (χ4n) is 4.22. The van der Waals surface area contributed by atoms with Crippen LogP contribution in [0.4, 0.5) is 11.5 Å². The first-order valence-electron chi connectivity index (χ1n) is 10.7. The van der Waals surface area contributed by atoms with E-state index in [2.05, 4.69) is 33.4 Å². The highest BCUT2D eigenvalue weighted by Gasteiger charge is 2.21. The second kappa shape index (κ2) is 8.72. The summed E-state index contributed by atoms with van der Waals surface area (Å²) in [6.45, 7) is 4.43. The van der Waals surface area contributed by atoms with Crippen molar-refractivity contribution in [2.24, 2.45) is 11.8 Å². The first-order chi connectivity index (χ1) is 13.7. The average molecular weight is 379 g/mol. The molecule has 0 spiro atoms. The van der Waals surface area contributed by atoms with Gasteiger partial charge in [-0.3, -0.25) is 4.79 Å². The Morgan fingerprint density at radius 3 is 2.29 bits per heavy atom. The quantitative estimate of drug-likeness (QED) is 0.822. The van der Waals surface area contributed by atoms with Gasteiger partial charge in [0.1, 0.15) is 0 Å². The van der Waals surface area contributed by atoms with E-state index in [1.165, 1.54) is 32.1 Å². The summed E-state index contributed by atoms with van der Waals surface area (Å²) >= 11 is 0. The molecule has 1 aliphatic heterocycles. The molecule has 2 heterocycles. The van der Waals surface area contributed by atoms with E-state index in [0.29, 0.717) is 0 Å². The minimum atomic E-state index is 0.160. The van der Waals surface area contributed by atoms with Gasteiger partial charge in [0.2, 0.25) is 5.91 Å². The molecule has 2 aromatic rings. The predicted molar refractivity (Wildman–Crippen MR) is 113 cm³/mol. The van der Waals surface area contributed by atoms with E-state index in [9.17, 15) is 4.79 Å². The monoisotopic (exact) mass is 378 g/mol. The summed E-state index contributed by atoms with van der Waals surface area (Å²) in [6, 6.07) is 12.0. The van der Waals surface area contributed by atoms with Gasteiger partial charge in [0, 0.05) is 30.3 Å². The molecule has 4 rings (SSSR count). The van der Waals surface area contributed by atoms with Crippen molar-refractivity contribution in [1.29, 1.82) is 0 Å². The van der Waals surface area contributed by atoms with Gasteiger partial charge in [-0.05, 0) is 55.9 Å². The number of anilines is 2. The van der Waals surface area contributed by atoms with Gasteiger partial charge in [-0.1, -0.05) is 38.3 Å². The van der Waals surface area contributed by atoms with Crippen molar-refractivity contribution in [2.75, 3.05) is 23.3 Å². The van der Waals surface area contributed by atoms with Crippen molar-refractivity contribution in [3.8, 4) is 11.3 Å². The highest BCUT2D eigenvalue weighted by molar-refractivity contribution is 5.92. The van der Waals surface area contributed by atoms with Crippen molar-refractivity contribution in [2.45, 2.75) is 51.9 Å². The van der Waals surface area contributed by atoms with E-state index < -0.39 is 0 Å². The van der Waals surface area contributed by atoms with E-state index >= 15 is 0 Å². The summed E-state index contributed by atoms with van der Waals surface area (Å²) < 4.78 is 0. The first kappa shape index (κ1) is 18.9. The zero-order valence-electron chi connectivity index (χ0n) is 16.7. The lowest BCUT2D eigenvalue weighted by Gasteiger charge is -2.30. The fraction of sp³-hybridized carbons (Fsp3) is 0.522. The number of carbonyl (C=O) groups is 1. The Morgan fingerprint density at radius 2 is 1.64 bits per heavy atom. The molecule has 0 unspecified atom stereocenters. The molecule has 1 saturated heterocycles. The van der Waals surface area contributed by atoms with Crippen LogP contribution in [0.2, 0.25) is 0 Å². The summed E-state index contributed by atoms with van der Waals surface area (Å²) in [6.07, 6.45) is 8.07. The van der Waals surface area contributed by atoms with Crippen LogP contribution in [-0.4, -0.2) is 29.2 Å². The number of amides is 1. The maximum atomic E-state index is 12.4. The Bertz CT molecular complexity index is 773. The number of hydrogen-bond donors (Lipinski definition) is 1. The molecule has 0 atom stereocenters. The van der Waals surface area contributed by atoms with Crippen molar-refractivity contribution in [1.82, 2.24) is 10.2 Å². The van der Waals surface area contributed by atoms with Crippen LogP contribution in [0.15, 0.2) is 36.4 Å². The van der Waals surface area contributed by atoms with Gasteiger partial charge in [0.15, 0.2) is 5.82 Å². The number of nitrogens with one attached hydrogen (secondary N) is 1. The van der Waals surface area contributed by atoms with Crippen LogP contribution in [0, 0.1) is 11.8 Å². The van der Waals surface area contributed by atoms with Crippen LogP contribution < -0.4 is 10.2 Å². The zero-order chi connectivity index (χ0) is 19.3. The molecule has 148 valence electrons. The molecule has 0 bridgehead atoms. The number of nitrogens with zero attached hydrogens (tertiary/aromatic N) is 3. The minimum Gasteiger partial charge on any atom is -0.355 e. The average Bonchev–Trinajstić information content (AvgIpc) is 2.76. The van der Waals surface area contributed by atoms with E-state index in [-0.39, 0.29) is 11.8 Å². The van der Waals surface area contributed by atoms with Crippen molar-refractivity contribution in [3.63, 3.8) is 0 Å². The van der Waals surface area contributed by atoms with Gasteiger partial charge in [-0.2, -0.15) is 0 Å². The van der Waals surface area contributed by atoms with Gasteiger partial charge >= 0.3 is 0 Å². The van der Waals surface area contributed by atoms with Crippen LogP contribution in [0.5, 0.6) is 0 Å². The van der Waals surface area contributed by atoms with Crippen LogP contribution in [0.3, 0.4) is 0 Å². The van der Waals surface area contributed by atoms with Gasteiger partial charge < -0.3 is 10.2 Å². The van der Waals surface area contributed by atoms with Gasteiger partial charge in [0.25, 0.3) is 0 Å². The molecule has 1 aromatic heterocycles. The van der Waals surface area contributed by atoms with E-state index in [1.54, 1.807) is 0 Å². The highest BCUT2D eigenvalue weighted by Crippen LogP contribution is 2.26. The number of hydrogen-bond acceptors (Lipinski definition) is 4. The number of benzene rings is 1. The smallest absolute Gasteiger partial charge is 0.227 e. The van der Waals surface area contributed by atoms with Crippen LogP contribution in [0.25, 0.3) is 11.3 Å². The lowest BCUT2D eigenvalue weighted by Crippen LogP contribution is -2.33. The predicted octanol–water partition coefficient (Wildman–Crippen LogP) is 4.90. The molecule has 1 N–H and O–H groups in total. The third-order valence-corrected chi connectivity index (χ3v) is 6.18. The SMILES string of the molecule is CC1CCN(c2ccc(-c3ccc(NC(=O)C4CCCCC4)cc3)nn2)CC1. The molecule has 1 saturated carbocycles. The zero-order valence-corrected chi connectivity index (χ0v) is 16.7.